The molecule has 1 aliphatic rings. The van der Waals surface area contributed by atoms with Gasteiger partial charge in [-0.15, -0.1) is 0 Å². The molecule has 0 aliphatic carbocycles. The number of aryl methyl sites for hydroxylation is 1. The number of hydrogen-bond acceptors (Lipinski definition) is 4. The Morgan fingerprint density at radius 2 is 1.96 bits per heavy atom. The summed E-state index contributed by atoms with van der Waals surface area (Å²) in [6, 6.07) is 9.23. The predicted octanol–water partition coefficient (Wildman–Crippen LogP) is 1.54. The van der Waals surface area contributed by atoms with Gasteiger partial charge in [-0.2, -0.15) is 5.10 Å². The lowest BCUT2D eigenvalue weighted by atomic mass is 9.93. The monoisotopic (exact) mass is 351 g/mol. The molecule has 0 saturated carbocycles. The van der Waals surface area contributed by atoms with E-state index in [1.165, 1.54) is 16.6 Å². The summed E-state index contributed by atoms with van der Waals surface area (Å²) in [7, 11) is 1.95. The Morgan fingerprint density at radius 1 is 1.19 bits per heavy atom. The van der Waals surface area contributed by atoms with E-state index in [0.29, 0.717) is 29.9 Å². The van der Waals surface area contributed by atoms with E-state index in [2.05, 4.69) is 10.1 Å². The number of nitrogens with zero attached hydrogens (tertiary/aromatic N) is 5. The van der Waals surface area contributed by atoms with Crippen LogP contribution < -0.4 is 5.56 Å². The lowest BCUT2D eigenvalue weighted by Crippen LogP contribution is -2.41. The SMILES string of the molecule is Cn1nccc1C1CCN(C(=O)Cn2cnc3ccccc3c2=O)CC1. The van der Waals surface area contributed by atoms with Crippen molar-refractivity contribution in [1.29, 1.82) is 0 Å². The third kappa shape index (κ3) is 3.00. The van der Waals surface area contributed by atoms with Crippen LogP contribution in [-0.4, -0.2) is 43.2 Å². The fourth-order valence-corrected chi connectivity index (χ4v) is 3.67. The van der Waals surface area contributed by atoms with E-state index in [1.807, 2.05) is 35.0 Å². The first-order valence-electron chi connectivity index (χ1n) is 8.83. The van der Waals surface area contributed by atoms with Crippen LogP contribution in [0.2, 0.25) is 0 Å². The van der Waals surface area contributed by atoms with E-state index in [0.717, 1.165) is 12.8 Å². The van der Waals surface area contributed by atoms with Crippen LogP contribution in [0.5, 0.6) is 0 Å². The Hall–Kier alpha value is -2.96. The van der Waals surface area contributed by atoms with Crippen LogP contribution in [0.25, 0.3) is 10.9 Å². The minimum atomic E-state index is -0.172. The van der Waals surface area contributed by atoms with Crippen molar-refractivity contribution in [3.63, 3.8) is 0 Å². The van der Waals surface area contributed by atoms with Crippen LogP contribution in [0.15, 0.2) is 47.7 Å². The van der Waals surface area contributed by atoms with Gasteiger partial charge in [-0.05, 0) is 31.0 Å². The molecule has 0 radical (unpaired) electrons. The number of fused-ring (bicyclic) bond motifs is 1. The maximum absolute atomic E-state index is 12.6. The van der Waals surface area contributed by atoms with E-state index >= 15 is 0 Å². The molecule has 3 aromatic rings. The van der Waals surface area contributed by atoms with Gasteiger partial charge in [0, 0.05) is 37.9 Å². The Kier molecular flexibility index (Phi) is 4.28. The lowest BCUT2D eigenvalue weighted by Gasteiger charge is -2.32. The normalized spacial score (nSPS) is 15.5. The topological polar surface area (TPSA) is 73.0 Å². The van der Waals surface area contributed by atoms with Gasteiger partial charge in [0.2, 0.25) is 5.91 Å². The molecule has 3 heterocycles. The summed E-state index contributed by atoms with van der Waals surface area (Å²) in [6.45, 7) is 1.43. The number of carbonyl (C=O) groups excluding carboxylic acids is 1. The van der Waals surface area contributed by atoms with Crippen LogP contribution >= 0.6 is 0 Å². The molecule has 4 rings (SSSR count). The lowest BCUT2D eigenvalue weighted by molar-refractivity contribution is -0.133. The molecular weight excluding hydrogens is 330 g/mol. The smallest absolute Gasteiger partial charge is 0.261 e. The van der Waals surface area contributed by atoms with E-state index in [4.69, 9.17) is 0 Å². The van der Waals surface area contributed by atoms with E-state index in [9.17, 15) is 9.59 Å². The molecule has 0 spiro atoms. The van der Waals surface area contributed by atoms with Gasteiger partial charge >= 0.3 is 0 Å². The number of rotatable bonds is 3. The van der Waals surface area contributed by atoms with Gasteiger partial charge in [0.1, 0.15) is 6.54 Å². The zero-order valence-corrected chi connectivity index (χ0v) is 14.7. The molecule has 134 valence electrons. The van der Waals surface area contributed by atoms with Crippen molar-refractivity contribution >= 4 is 16.8 Å². The fraction of sp³-hybridized carbons (Fsp3) is 0.368. The summed E-state index contributed by atoms with van der Waals surface area (Å²) in [5.74, 6) is 0.393. The molecule has 1 amide bonds. The highest BCUT2D eigenvalue weighted by Crippen LogP contribution is 2.27. The van der Waals surface area contributed by atoms with Gasteiger partial charge in [-0.1, -0.05) is 12.1 Å². The van der Waals surface area contributed by atoms with Crippen molar-refractivity contribution in [2.75, 3.05) is 13.1 Å². The first-order chi connectivity index (χ1) is 12.6. The molecule has 7 heteroatoms. The van der Waals surface area contributed by atoms with Gasteiger partial charge in [-0.25, -0.2) is 4.98 Å². The largest absolute Gasteiger partial charge is 0.341 e. The second-order valence-electron chi connectivity index (χ2n) is 6.73. The third-order valence-electron chi connectivity index (χ3n) is 5.16. The van der Waals surface area contributed by atoms with Crippen molar-refractivity contribution in [2.24, 2.45) is 7.05 Å². The summed E-state index contributed by atoms with van der Waals surface area (Å²) in [5.41, 5.74) is 1.69. The number of benzene rings is 1. The molecule has 1 fully saturated rings. The quantitative estimate of drug-likeness (QED) is 0.717. The summed E-state index contributed by atoms with van der Waals surface area (Å²) in [5, 5.41) is 4.77. The molecule has 2 aromatic heterocycles. The van der Waals surface area contributed by atoms with Crippen molar-refractivity contribution in [2.45, 2.75) is 25.3 Å². The second-order valence-corrected chi connectivity index (χ2v) is 6.73. The molecule has 26 heavy (non-hydrogen) atoms. The van der Waals surface area contributed by atoms with Crippen molar-refractivity contribution < 1.29 is 4.79 Å². The summed E-state index contributed by atoms with van der Waals surface area (Å²) in [6.07, 6.45) is 5.10. The Labute approximate surface area is 150 Å². The summed E-state index contributed by atoms with van der Waals surface area (Å²) >= 11 is 0. The molecular formula is C19H21N5O2. The van der Waals surface area contributed by atoms with Gasteiger partial charge in [0.05, 0.1) is 17.2 Å². The van der Waals surface area contributed by atoms with Gasteiger partial charge in [0.25, 0.3) is 5.56 Å². The average Bonchev–Trinajstić information content (AvgIpc) is 3.10. The fourth-order valence-electron chi connectivity index (χ4n) is 3.67. The first kappa shape index (κ1) is 16.5. The molecule has 0 atom stereocenters. The highest BCUT2D eigenvalue weighted by Gasteiger charge is 2.25. The van der Waals surface area contributed by atoms with Gasteiger partial charge in [0.15, 0.2) is 0 Å². The van der Waals surface area contributed by atoms with Crippen molar-refractivity contribution in [3.05, 3.63) is 58.9 Å². The van der Waals surface area contributed by atoms with Crippen molar-refractivity contribution in [3.8, 4) is 0 Å². The summed E-state index contributed by atoms with van der Waals surface area (Å²) < 4.78 is 3.31. The molecule has 0 unspecified atom stereocenters. The zero-order chi connectivity index (χ0) is 18.1. The highest BCUT2D eigenvalue weighted by molar-refractivity contribution is 5.79. The highest BCUT2D eigenvalue weighted by atomic mass is 16.2. The molecule has 1 aliphatic heterocycles. The van der Waals surface area contributed by atoms with Crippen LogP contribution in [0.3, 0.4) is 0 Å². The minimum absolute atomic E-state index is 0.0346. The number of amides is 1. The molecule has 1 aromatic carbocycles. The zero-order valence-electron chi connectivity index (χ0n) is 14.7. The number of aromatic nitrogens is 4. The number of carbonyl (C=O) groups is 1. The Bertz CT molecular complexity index is 998. The molecule has 7 nitrogen and oxygen atoms in total. The van der Waals surface area contributed by atoms with Crippen LogP contribution in [0, 0.1) is 0 Å². The van der Waals surface area contributed by atoms with Gasteiger partial charge < -0.3 is 4.90 Å². The number of piperidine rings is 1. The Balaban J connectivity index is 1.44. The van der Waals surface area contributed by atoms with Crippen molar-refractivity contribution in [1.82, 2.24) is 24.2 Å². The number of para-hydroxylation sites is 1. The second kappa shape index (κ2) is 6.74. The first-order valence-corrected chi connectivity index (χ1v) is 8.83. The molecule has 1 saturated heterocycles. The molecule has 0 N–H and O–H groups in total. The summed E-state index contributed by atoms with van der Waals surface area (Å²) in [4.78, 5) is 31.3. The van der Waals surface area contributed by atoms with E-state index in [-0.39, 0.29) is 18.0 Å². The average molecular weight is 351 g/mol. The maximum atomic E-state index is 12.6. The van der Waals surface area contributed by atoms with Gasteiger partial charge in [-0.3, -0.25) is 18.8 Å². The van der Waals surface area contributed by atoms with Crippen LogP contribution in [0.1, 0.15) is 24.5 Å². The standard InChI is InChI=1S/C19H21N5O2/c1-22-17(6-9-21-22)14-7-10-23(11-8-14)18(25)12-24-13-20-16-5-3-2-4-15(16)19(24)26/h2-6,9,13-14H,7-8,10-12H2,1H3. The Morgan fingerprint density at radius 3 is 2.69 bits per heavy atom. The van der Waals surface area contributed by atoms with E-state index < -0.39 is 0 Å². The number of likely N-dealkylation sites (tertiary alicyclic amines) is 1. The van der Waals surface area contributed by atoms with E-state index in [1.54, 1.807) is 18.2 Å². The van der Waals surface area contributed by atoms with Crippen LogP contribution in [-0.2, 0) is 18.4 Å². The van der Waals surface area contributed by atoms with Crippen LogP contribution in [0.4, 0.5) is 0 Å². The number of hydrogen-bond donors (Lipinski definition) is 0. The third-order valence-corrected chi connectivity index (χ3v) is 5.16. The molecule has 0 bridgehead atoms. The minimum Gasteiger partial charge on any atom is -0.341 e. The predicted molar refractivity (Wildman–Crippen MR) is 97.8 cm³/mol. The maximum Gasteiger partial charge on any atom is 0.261 e.